The Morgan fingerprint density at radius 2 is 1.65 bits per heavy atom. The summed E-state index contributed by atoms with van der Waals surface area (Å²) in [5, 5.41) is 9.17. The summed E-state index contributed by atoms with van der Waals surface area (Å²) in [6, 6.07) is 0. The van der Waals surface area contributed by atoms with Gasteiger partial charge in [-0.05, 0) is 16.9 Å². The molecule has 0 aliphatic rings. The molecule has 3 heteroatoms. The third kappa shape index (κ3) is 3.44. The summed E-state index contributed by atoms with van der Waals surface area (Å²) in [4.78, 5) is 11.3. The van der Waals surface area contributed by atoms with Crippen LogP contribution in [0.5, 0.6) is 0 Å². The zero-order valence-electron chi connectivity index (χ0n) is 12.2. The molecule has 0 aliphatic heterocycles. The van der Waals surface area contributed by atoms with E-state index in [0.29, 0.717) is 23.0 Å². The average Bonchev–Trinajstić information content (AvgIpc) is 2.23. The normalized spacial score (nSPS) is 14.8. The van der Waals surface area contributed by atoms with Gasteiger partial charge in [0.15, 0.2) is 0 Å². The molecule has 2 nitrogen and oxygen atoms in total. The zero-order chi connectivity index (χ0) is 13.8. The summed E-state index contributed by atoms with van der Waals surface area (Å²) in [6.45, 7) is 16.9. The van der Waals surface area contributed by atoms with E-state index in [0.717, 1.165) is 6.42 Å². The third-order valence-corrected chi connectivity index (χ3v) is 8.27. The van der Waals surface area contributed by atoms with Crippen LogP contribution in [0, 0.1) is 11.8 Å². The molecule has 100 valence electrons. The van der Waals surface area contributed by atoms with Gasteiger partial charge in [0.1, 0.15) is 0 Å². The van der Waals surface area contributed by atoms with Crippen molar-refractivity contribution >= 4 is 15.5 Å². The lowest BCUT2D eigenvalue weighted by molar-refractivity contribution is -0.133. The molecule has 0 fully saturated rings. The summed E-state index contributed by atoms with van der Waals surface area (Å²) in [6.07, 6.45) is 1.14. The molecule has 0 aromatic rings. The molecule has 0 aromatic heterocycles. The number of carboxylic acids is 1. The minimum atomic E-state index is -0.816. The maximum Gasteiger partial charge on any atom is 0.331 e. The van der Waals surface area contributed by atoms with Gasteiger partial charge in [-0.15, -0.1) is 0 Å². The van der Waals surface area contributed by atoms with Crippen LogP contribution in [0.25, 0.3) is 0 Å². The Labute approximate surface area is 108 Å². The first-order valence-electron chi connectivity index (χ1n) is 6.62. The number of hydrogen-bond acceptors (Lipinski definition) is 1. The van der Waals surface area contributed by atoms with E-state index >= 15 is 0 Å². The number of carboxylic acid groups (broad SMARTS) is 1. The number of aliphatic carboxylic acids is 1. The molecule has 1 atom stereocenters. The predicted octanol–water partition coefficient (Wildman–Crippen LogP) is 3.49. The molecule has 0 saturated heterocycles. The largest absolute Gasteiger partial charge is 0.478 e. The number of carbonyl (C=O) groups is 1. The van der Waals surface area contributed by atoms with Gasteiger partial charge in [-0.1, -0.05) is 60.1 Å². The van der Waals surface area contributed by atoms with E-state index in [4.69, 9.17) is 0 Å². The lowest BCUT2D eigenvalue weighted by Crippen LogP contribution is -2.37. The highest BCUT2D eigenvalue weighted by atomic mass is 28.2. The van der Waals surface area contributed by atoms with Crippen LogP contribution in [-0.2, 0) is 4.79 Å². The van der Waals surface area contributed by atoms with E-state index in [2.05, 4.69) is 48.1 Å². The maximum atomic E-state index is 11.3. The summed E-state index contributed by atoms with van der Waals surface area (Å²) >= 11 is 0. The van der Waals surface area contributed by atoms with Crippen LogP contribution in [0.2, 0.25) is 10.6 Å². The summed E-state index contributed by atoms with van der Waals surface area (Å²) < 4.78 is 0. The van der Waals surface area contributed by atoms with Crippen molar-refractivity contribution in [2.75, 3.05) is 0 Å². The van der Waals surface area contributed by atoms with Gasteiger partial charge in [0.2, 0.25) is 0 Å². The van der Waals surface area contributed by atoms with Gasteiger partial charge < -0.3 is 5.11 Å². The molecule has 0 heterocycles. The van der Waals surface area contributed by atoms with E-state index < -0.39 is 15.5 Å². The number of hydrogen-bond donors (Lipinski definition) is 1. The predicted molar refractivity (Wildman–Crippen MR) is 77.4 cm³/mol. The third-order valence-electron chi connectivity index (χ3n) is 4.26. The zero-order valence-corrected chi connectivity index (χ0v) is 13.6. The van der Waals surface area contributed by atoms with Crippen LogP contribution in [0.3, 0.4) is 0 Å². The average molecular weight is 256 g/mol. The Morgan fingerprint density at radius 1 is 1.24 bits per heavy atom. The lowest BCUT2D eigenvalue weighted by Gasteiger charge is -2.43. The Bertz CT molecular complexity index is 274. The van der Waals surface area contributed by atoms with Crippen LogP contribution in [0.1, 0.15) is 48.0 Å². The van der Waals surface area contributed by atoms with Gasteiger partial charge in [0.05, 0.1) is 0 Å². The molecule has 1 N–H and O–H groups in total. The minimum Gasteiger partial charge on any atom is -0.478 e. The molecule has 0 amide bonds. The topological polar surface area (TPSA) is 37.3 Å². The van der Waals surface area contributed by atoms with Crippen molar-refractivity contribution in [3.8, 4) is 0 Å². The van der Waals surface area contributed by atoms with E-state index in [1.54, 1.807) is 0 Å². The van der Waals surface area contributed by atoms with E-state index in [1.165, 1.54) is 0 Å². The molecule has 0 radical (unpaired) electrons. The van der Waals surface area contributed by atoms with Gasteiger partial charge in [0, 0.05) is 15.1 Å². The van der Waals surface area contributed by atoms with Crippen molar-refractivity contribution in [1.29, 1.82) is 0 Å². The Morgan fingerprint density at radius 3 is 1.88 bits per heavy atom. The van der Waals surface area contributed by atoms with Crippen molar-refractivity contribution in [1.82, 2.24) is 0 Å². The second-order valence-electron chi connectivity index (χ2n) is 5.85. The first kappa shape index (κ1) is 16.4. The molecule has 0 saturated carbocycles. The fraction of sp³-hybridized carbons (Fsp3) is 0.786. The smallest absolute Gasteiger partial charge is 0.331 e. The second-order valence-corrected chi connectivity index (χ2v) is 8.82. The van der Waals surface area contributed by atoms with Crippen LogP contribution >= 0.6 is 0 Å². The molecule has 0 rings (SSSR count). The van der Waals surface area contributed by atoms with Crippen LogP contribution in [0.4, 0.5) is 0 Å². The fourth-order valence-corrected chi connectivity index (χ4v) is 5.66. The molecular weight excluding hydrogens is 228 g/mol. The van der Waals surface area contributed by atoms with Crippen LogP contribution < -0.4 is 0 Å². The summed E-state index contributed by atoms with van der Waals surface area (Å²) in [7, 11) is -0.523. The van der Waals surface area contributed by atoms with Gasteiger partial charge in [-0.2, -0.15) is 0 Å². The van der Waals surface area contributed by atoms with Gasteiger partial charge >= 0.3 is 5.97 Å². The minimum absolute atomic E-state index is 0.152. The Hall–Kier alpha value is -0.573. The van der Waals surface area contributed by atoms with Gasteiger partial charge in [-0.25, -0.2) is 4.79 Å². The van der Waals surface area contributed by atoms with Gasteiger partial charge in [-0.3, -0.25) is 0 Å². The van der Waals surface area contributed by atoms with Crippen molar-refractivity contribution < 1.29 is 9.90 Å². The maximum absolute atomic E-state index is 11.3. The highest BCUT2D eigenvalue weighted by Gasteiger charge is 2.43. The quantitative estimate of drug-likeness (QED) is 0.559. The molecule has 0 aromatic carbocycles. The molecule has 17 heavy (non-hydrogen) atoms. The molecule has 1 unspecified atom stereocenters. The lowest BCUT2D eigenvalue weighted by atomic mass is 9.78. The number of rotatable bonds is 7. The standard InChI is InChI=1S/C14H28O2Si/c1-8-11(6)17-14(9(2)3,10(4)5)12(7)13(15)16/h9-11H,7-8,17H2,1-6H3,(H,15,16). The highest BCUT2D eigenvalue weighted by molar-refractivity contribution is 6.44. The monoisotopic (exact) mass is 256 g/mol. The van der Waals surface area contributed by atoms with Crippen molar-refractivity contribution in [2.45, 2.75) is 58.5 Å². The van der Waals surface area contributed by atoms with Crippen LogP contribution in [0.15, 0.2) is 12.2 Å². The van der Waals surface area contributed by atoms with E-state index in [-0.39, 0.29) is 5.04 Å². The Balaban J connectivity index is 5.44. The van der Waals surface area contributed by atoms with E-state index in [9.17, 15) is 9.90 Å². The summed E-state index contributed by atoms with van der Waals surface area (Å²) in [5.74, 6) is -0.110. The van der Waals surface area contributed by atoms with Crippen molar-refractivity contribution in [3.63, 3.8) is 0 Å². The van der Waals surface area contributed by atoms with Crippen molar-refractivity contribution in [2.24, 2.45) is 11.8 Å². The van der Waals surface area contributed by atoms with Crippen LogP contribution in [-0.4, -0.2) is 20.6 Å². The SMILES string of the molecule is C=C(C(=O)O)C([SiH2]C(C)CC)(C(C)C)C(C)C. The Kier molecular flexibility index (Phi) is 6.17. The molecule has 0 spiro atoms. The first-order chi connectivity index (χ1) is 7.70. The molecule has 0 aliphatic carbocycles. The second kappa shape index (κ2) is 6.38. The summed E-state index contributed by atoms with van der Waals surface area (Å²) in [5.41, 5.74) is 1.10. The fourth-order valence-electron chi connectivity index (χ4n) is 2.88. The van der Waals surface area contributed by atoms with Gasteiger partial charge in [0.25, 0.3) is 0 Å². The first-order valence-corrected chi connectivity index (χ1v) is 8.15. The van der Waals surface area contributed by atoms with Crippen molar-refractivity contribution in [3.05, 3.63) is 12.2 Å². The van der Waals surface area contributed by atoms with E-state index in [1.807, 2.05) is 0 Å². The molecule has 0 bridgehead atoms. The highest BCUT2D eigenvalue weighted by Crippen LogP contribution is 2.50. The molecular formula is C14H28O2Si.